The van der Waals surface area contributed by atoms with Gasteiger partial charge in [-0.1, -0.05) is 34.6 Å². The van der Waals surface area contributed by atoms with E-state index in [9.17, 15) is 4.79 Å². The third kappa shape index (κ3) is 8.19. The Morgan fingerprint density at radius 1 is 1.06 bits per heavy atom. The van der Waals surface area contributed by atoms with E-state index in [1.165, 1.54) is 0 Å². The van der Waals surface area contributed by atoms with Gasteiger partial charge in [-0.3, -0.25) is 4.79 Å². The second kappa shape index (κ2) is 8.51. The fourth-order valence-corrected chi connectivity index (χ4v) is 1.33. The Kier molecular flexibility index (Phi) is 8.23. The molecule has 0 saturated heterocycles. The summed E-state index contributed by atoms with van der Waals surface area (Å²) in [6, 6.07) is -0.0941. The van der Waals surface area contributed by atoms with Crippen LogP contribution < -0.4 is 10.6 Å². The van der Waals surface area contributed by atoms with Crippen LogP contribution in [0.25, 0.3) is 0 Å². The average molecular weight is 242 g/mol. The molecule has 0 aliphatic rings. The minimum atomic E-state index is -0.0941. The predicted molar refractivity (Wildman–Crippen MR) is 73.9 cm³/mol. The summed E-state index contributed by atoms with van der Waals surface area (Å²) in [6.07, 6.45) is 1.04. The minimum Gasteiger partial charge on any atom is -0.355 e. The first-order valence-electron chi connectivity index (χ1n) is 6.85. The van der Waals surface area contributed by atoms with E-state index in [-0.39, 0.29) is 11.9 Å². The second-order valence-corrected chi connectivity index (χ2v) is 5.82. The van der Waals surface area contributed by atoms with Crippen molar-refractivity contribution in [3.8, 4) is 0 Å². The lowest BCUT2D eigenvalue weighted by Crippen LogP contribution is -2.44. The summed E-state index contributed by atoms with van der Waals surface area (Å²) in [4.78, 5) is 11.7. The Balaban J connectivity index is 3.74. The van der Waals surface area contributed by atoms with Crippen LogP contribution in [-0.4, -0.2) is 25.0 Å². The summed E-state index contributed by atoms with van der Waals surface area (Å²) in [6.45, 7) is 14.6. The monoisotopic (exact) mass is 242 g/mol. The molecule has 0 aliphatic heterocycles. The van der Waals surface area contributed by atoms with Gasteiger partial charge in [-0.2, -0.15) is 0 Å². The lowest BCUT2D eigenvalue weighted by Gasteiger charge is -2.20. The molecule has 0 spiro atoms. The molecule has 3 heteroatoms. The van der Waals surface area contributed by atoms with E-state index in [2.05, 4.69) is 45.3 Å². The van der Waals surface area contributed by atoms with Gasteiger partial charge in [0, 0.05) is 6.54 Å². The van der Waals surface area contributed by atoms with Crippen LogP contribution in [0, 0.1) is 17.8 Å². The van der Waals surface area contributed by atoms with Crippen molar-refractivity contribution in [2.75, 3.05) is 13.1 Å². The van der Waals surface area contributed by atoms with Crippen LogP contribution in [0.5, 0.6) is 0 Å². The Morgan fingerprint density at radius 3 is 2.12 bits per heavy atom. The number of hydrogen-bond acceptors (Lipinski definition) is 2. The zero-order chi connectivity index (χ0) is 13.4. The summed E-state index contributed by atoms with van der Waals surface area (Å²) in [7, 11) is 0. The number of amides is 1. The zero-order valence-corrected chi connectivity index (χ0v) is 12.3. The maximum Gasteiger partial charge on any atom is 0.236 e. The molecule has 17 heavy (non-hydrogen) atoms. The van der Waals surface area contributed by atoms with Crippen LogP contribution in [0.4, 0.5) is 0 Å². The lowest BCUT2D eigenvalue weighted by molar-refractivity contribution is -0.122. The first-order valence-corrected chi connectivity index (χ1v) is 6.85. The molecule has 0 saturated carbocycles. The van der Waals surface area contributed by atoms with Gasteiger partial charge < -0.3 is 10.6 Å². The topological polar surface area (TPSA) is 41.1 Å². The van der Waals surface area contributed by atoms with Crippen LogP contribution in [-0.2, 0) is 4.79 Å². The average Bonchev–Trinajstić information content (AvgIpc) is 2.24. The smallest absolute Gasteiger partial charge is 0.236 e. The molecule has 0 aromatic carbocycles. The van der Waals surface area contributed by atoms with E-state index < -0.39 is 0 Å². The number of carbonyl (C=O) groups excluding carboxylic acids is 1. The number of hydrogen-bond donors (Lipinski definition) is 2. The highest BCUT2D eigenvalue weighted by Gasteiger charge is 2.14. The fraction of sp³-hybridized carbons (Fsp3) is 0.929. The second-order valence-electron chi connectivity index (χ2n) is 5.82. The fourth-order valence-electron chi connectivity index (χ4n) is 1.33. The lowest BCUT2D eigenvalue weighted by atomic mass is 9.98. The first kappa shape index (κ1) is 16.4. The number of rotatable bonds is 8. The molecule has 3 nitrogen and oxygen atoms in total. The molecule has 0 radical (unpaired) electrons. The van der Waals surface area contributed by atoms with Crippen LogP contribution in [0.1, 0.15) is 48.0 Å². The van der Waals surface area contributed by atoms with Crippen molar-refractivity contribution in [3.63, 3.8) is 0 Å². The van der Waals surface area contributed by atoms with Crippen LogP contribution in [0.2, 0.25) is 0 Å². The molecule has 0 heterocycles. The van der Waals surface area contributed by atoms with E-state index in [1.54, 1.807) is 0 Å². The third-order valence-corrected chi connectivity index (χ3v) is 3.30. The van der Waals surface area contributed by atoms with Crippen molar-refractivity contribution in [1.82, 2.24) is 10.6 Å². The molecule has 0 aromatic heterocycles. The van der Waals surface area contributed by atoms with Crippen molar-refractivity contribution >= 4 is 5.91 Å². The molecule has 0 bridgehead atoms. The quantitative estimate of drug-likeness (QED) is 0.686. The Morgan fingerprint density at radius 2 is 1.65 bits per heavy atom. The molecule has 0 rings (SSSR count). The van der Waals surface area contributed by atoms with Gasteiger partial charge in [-0.25, -0.2) is 0 Å². The molecule has 0 fully saturated rings. The van der Waals surface area contributed by atoms with E-state index >= 15 is 0 Å². The highest BCUT2D eigenvalue weighted by molar-refractivity contribution is 5.81. The Labute approximate surface area is 107 Å². The molecule has 102 valence electrons. The largest absolute Gasteiger partial charge is 0.355 e. The van der Waals surface area contributed by atoms with Gasteiger partial charge in [0.25, 0.3) is 0 Å². The van der Waals surface area contributed by atoms with Gasteiger partial charge in [0.05, 0.1) is 6.04 Å². The standard InChI is InChI=1S/C14H30N2O/c1-10(2)7-8-15-14(17)13(6)16-9-12(5)11(3)4/h10-13,16H,7-9H2,1-6H3,(H,15,17). The van der Waals surface area contributed by atoms with Crippen molar-refractivity contribution in [3.05, 3.63) is 0 Å². The van der Waals surface area contributed by atoms with Crippen molar-refractivity contribution in [1.29, 1.82) is 0 Å². The minimum absolute atomic E-state index is 0.0941. The molecule has 2 atom stereocenters. The number of nitrogens with one attached hydrogen (secondary N) is 2. The molecule has 2 N–H and O–H groups in total. The van der Waals surface area contributed by atoms with Crippen LogP contribution in [0.3, 0.4) is 0 Å². The highest BCUT2D eigenvalue weighted by atomic mass is 16.2. The molecular formula is C14H30N2O. The van der Waals surface area contributed by atoms with E-state index in [1.807, 2.05) is 6.92 Å². The van der Waals surface area contributed by atoms with Gasteiger partial charge in [0.1, 0.15) is 0 Å². The summed E-state index contributed by atoms with van der Waals surface area (Å²) in [5.41, 5.74) is 0. The normalized spacial score (nSPS) is 15.1. The van der Waals surface area contributed by atoms with Crippen LogP contribution >= 0.6 is 0 Å². The zero-order valence-electron chi connectivity index (χ0n) is 12.3. The maximum atomic E-state index is 11.7. The van der Waals surface area contributed by atoms with Gasteiger partial charge in [0.2, 0.25) is 5.91 Å². The SMILES string of the molecule is CC(C)CCNC(=O)C(C)NCC(C)C(C)C. The molecule has 0 aliphatic carbocycles. The van der Waals surface area contributed by atoms with Gasteiger partial charge in [-0.05, 0) is 37.6 Å². The molecule has 0 aromatic rings. The van der Waals surface area contributed by atoms with Crippen molar-refractivity contribution in [2.24, 2.45) is 17.8 Å². The first-order chi connectivity index (χ1) is 7.84. The molecule has 2 unspecified atom stereocenters. The third-order valence-electron chi connectivity index (χ3n) is 3.30. The Bertz CT molecular complexity index is 214. The Hall–Kier alpha value is -0.570. The van der Waals surface area contributed by atoms with E-state index in [4.69, 9.17) is 0 Å². The van der Waals surface area contributed by atoms with Gasteiger partial charge >= 0.3 is 0 Å². The van der Waals surface area contributed by atoms with E-state index in [0.29, 0.717) is 17.8 Å². The summed E-state index contributed by atoms with van der Waals surface area (Å²) in [5.74, 6) is 2.00. The highest BCUT2D eigenvalue weighted by Crippen LogP contribution is 2.07. The number of carbonyl (C=O) groups is 1. The van der Waals surface area contributed by atoms with Gasteiger partial charge in [0.15, 0.2) is 0 Å². The van der Waals surface area contributed by atoms with Gasteiger partial charge in [-0.15, -0.1) is 0 Å². The van der Waals surface area contributed by atoms with Crippen molar-refractivity contribution in [2.45, 2.75) is 54.0 Å². The van der Waals surface area contributed by atoms with Crippen molar-refractivity contribution < 1.29 is 4.79 Å². The molecular weight excluding hydrogens is 212 g/mol. The molecule has 1 amide bonds. The summed E-state index contributed by atoms with van der Waals surface area (Å²) in [5, 5.41) is 6.25. The van der Waals surface area contributed by atoms with Crippen LogP contribution in [0.15, 0.2) is 0 Å². The summed E-state index contributed by atoms with van der Waals surface area (Å²) < 4.78 is 0. The maximum absolute atomic E-state index is 11.7. The predicted octanol–water partition coefficient (Wildman–Crippen LogP) is 2.42. The summed E-state index contributed by atoms with van der Waals surface area (Å²) >= 11 is 0. The van der Waals surface area contributed by atoms with E-state index in [0.717, 1.165) is 19.5 Å².